The van der Waals surface area contributed by atoms with Gasteiger partial charge in [-0.05, 0) is 47.9 Å². The Bertz CT molecular complexity index is 1090. The first kappa shape index (κ1) is 22.3. The number of carbonyl (C=O) groups excluding carboxylic acids is 1. The molecule has 3 aliphatic rings. The van der Waals surface area contributed by atoms with Crippen molar-refractivity contribution in [3.8, 4) is 11.3 Å². The van der Waals surface area contributed by atoms with E-state index in [0.717, 1.165) is 24.1 Å². The van der Waals surface area contributed by atoms with Gasteiger partial charge in [0.2, 0.25) is 0 Å². The Morgan fingerprint density at radius 2 is 2.03 bits per heavy atom. The van der Waals surface area contributed by atoms with Crippen molar-refractivity contribution in [1.29, 1.82) is 0 Å². The zero-order valence-electron chi connectivity index (χ0n) is 18.6. The van der Waals surface area contributed by atoms with Crippen molar-refractivity contribution < 1.29 is 28.5 Å². The van der Waals surface area contributed by atoms with Gasteiger partial charge in [0, 0.05) is 18.5 Å². The lowest BCUT2D eigenvalue weighted by atomic mass is 9.64. The molecule has 2 fully saturated rings. The zero-order valence-corrected chi connectivity index (χ0v) is 18.6. The molecule has 1 aliphatic heterocycles. The SMILES string of the molecule is CC1(C)[C@H]2CC[C@]1([C@H]1CN(C(=O)C(O)CO)CCO1)c1nnc(-c3c(F)cccc3F)cc12. The second-order valence-corrected chi connectivity index (χ2v) is 9.76. The van der Waals surface area contributed by atoms with Crippen LogP contribution in [0.1, 0.15) is 43.9 Å². The first-order chi connectivity index (χ1) is 15.7. The molecule has 9 heteroatoms. The Morgan fingerprint density at radius 1 is 1.30 bits per heavy atom. The number of carbonyl (C=O) groups is 1. The molecule has 1 unspecified atom stereocenters. The molecule has 33 heavy (non-hydrogen) atoms. The van der Waals surface area contributed by atoms with Crippen molar-refractivity contribution in [2.24, 2.45) is 5.41 Å². The van der Waals surface area contributed by atoms with Crippen LogP contribution in [-0.2, 0) is 14.9 Å². The highest BCUT2D eigenvalue weighted by atomic mass is 19.1. The summed E-state index contributed by atoms with van der Waals surface area (Å²) in [5.41, 5.74) is 0.826. The lowest BCUT2D eigenvalue weighted by Crippen LogP contribution is -2.58. The van der Waals surface area contributed by atoms with Crippen molar-refractivity contribution in [2.75, 3.05) is 26.3 Å². The molecule has 1 aromatic heterocycles. The zero-order chi connectivity index (χ0) is 23.5. The molecule has 0 spiro atoms. The average molecular weight is 459 g/mol. The number of fused-ring (bicyclic) bond motifs is 5. The van der Waals surface area contributed by atoms with E-state index in [0.29, 0.717) is 13.2 Å². The van der Waals surface area contributed by atoms with Crippen LogP contribution in [0.25, 0.3) is 11.3 Å². The van der Waals surface area contributed by atoms with E-state index in [1.165, 1.54) is 23.1 Å². The van der Waals surface area contributed by atoms with Crippen LogP contribution in [-0.4, -0.2) is 69.7 Å². The lowest BCUT2D eigenvalue weighted by Gasteiger charge is -2.47. The molecular formula is C24H27F2N3O4. The van der Waals surface area contributed by atoms with Crippen LogP contribution in [0.3, 0.4) is 0 Å². The Balaban J connectivity index is 1.56. The van der Waals surface area contributed by atoms with Crippen LogP contribution in [0.4, 0.5) is 8.78 Å². The third kappa shape index (κ3) is 3.05. The molecule has 176 valence electrons. The standard InChI is InChI=1S/C24H27F2N3O4/c1-23(2)14-6-7-24(23,19-11-29(8-9-33-19)22(32)18(31)12-30)21-13(14)10-17(27-28-21)20-15(25)4-3-5-16(20)26/h3-5,10,14,18-19,30-31H,6-9,11-12H2,1-2H3/t14-,18?,19+,24-/m0/s1. The van der Waals surface area contributed by atoms with E-state index >= 15 is 0 Å². The van der Waals surface area contributed by atoms with Gasteiger partial charge in [-0.25, -0.2) is 8.78 Å². The minimum atomic E-state index is -1.46. The normalized spacial score (nSPS) is 28.6. The molecule has 2 aliphatic carbocycles. The van der Waals surface area contributed by atoms with Crippen molar-refractivity contribution in [1.82, 2.24) is 15.1 Å². The van der Waals surface area contributed by atoms with E-state index in [-0.39, 0.29) is 35.2 Å². The number of hydrogen-bond donors (Lipinski definition) is 2. The molecule has 2 heterocycles. The highest BCUT2D eigenvalue weighted by molar-refractivity contribution is 5.81. The van der Waals surface area contributed by atoms with Gasteiger partial charge in [-0.2, -0.15) is 10.2 Å². The Hall–Kier alpha value is -2.49. The number of halogens is 2. The number of aromatic nitrogens is 2. The Kier molecular flexibility index (Phi) is 5.26. The predicted octanol–water partition coefficient (Wildman–Crippen LogP) is 2.16. The molecule has 1 amide bonds. The maximum Gasteiger partial charge on any atom is 0.253 e. The van der Waals surface area contributed by atoms with Gasteiger partial charge in [0.1, 0.15) is 11.6 Å². The molecule has 1 saturated heterocycles. The van der Waals surface area contributed by atoms with Crippen molar-refractivity contribution in [3.05, 3.63) is 47.2 Å². The summed E-state index contributed by atoms with van der Waals surface area (Å²) < 4.78 is 35.0. The van der Waals surface area contributed by atoms with Gasteiger partial charge >= 0.3 is 0 Å². The van der Waals surface area contributed by atoms with Crippen molar-refractivity contribution in [3.63, 3.8) is 0 Å². The van der Waals surface area contributed by atoms with E-state index in [1.807, 2.05) is 0 Å². The first-order valence-electron chi connectivity index (χ1n) is 11.2. The van der Waals surface area contributed by atoms with Crippen molar-refractivity contribution >= 4 is 5.91 Å². The van der Waals surface area contributed by atoms with Crippen LogP contribution >= 0.6 is 0 Å². The van der Waals surface area contributed by atoms with E-state index in [1.54, 1.807) is 6.07 Å². The number of benzene rings is 1. The first-order valence-corrected chi connectivity index (χ1v) is 11.2. The minimum absolute atomic E-state index is 0.106. The second-order valence-electron chi connectivity index (χ2n) is 9.76. The summed E-state index contributed by atoms with van der Waals surface area (Å²) in [7, 11) is 0. The van der Waals surface area contributed by atoms with Gasteiger partial charge in [0.05, 0.1) is 36.3 Å². The highest BCUT2D eigenvalue weighted by Crippen LogP contribution is 2.69. The molecule has 7 nitrogen and oxygen atoms in total. The predicted molar refractivity (Wildman–Crippen MR) is 114 cm³/mol. The van der Waals surface area contributed by atoms with Crippen LogP contribution in [0.5, 0.6) is 0 Å². The average Bonchev–Trinajstić information content (AvgIpc) is 3.19. The van der Waals surface area contributed by atoms with Crippen LogP contribution in [0.15, 0.2) is 24.3 Å². The molecule has 4 atom stereocenters. The number of aliphatic hydroxyl groups excluding tert-OH is 2. The number of aliphatic hydroxyl groups is 2. The fourth-order valence-electron chi connectivity index (χ4n) is 6.38. The van der Waals surface area contributed by atoms with Crippen LogP contribution in [0.2, 0.25) is 0 Å². The van der Waals surface area contributed by atoms with E-state index in [4.69, 9.17) is 4.74 Å². The van der Waals surface area contributed by atoms with Crippen LogP contribution in [0, 0.1) is 17.0 Å². The summed E-state index contributed by atoms with van der Waals surface area (Å²) in [6.45, 7) is 4.54. The van der Waals surface area contributed by atoms with Gasteiger partial charge in [0.15, 0.2) is 6.10 Å². The monoisotopic (exact) mass is 459 g/mol. The van der Waals surface area contributed by atoms with Crippen LogP contribution < -0.4 is 0 Å². The van der Waals surface area contributed by atoms with E-state index in [2.05, 4.69) is 24.0 Å². The number of morpholine rings is 1. The van der Waals surface area contributed by atoms with Gasteiger partial charge < -0.3 is 19.8 Å². The summed E-state index contributed by atoms with van der Waals surface area (Å²) in [6, 6.07) is 5.47. The Morgan fingerprint density at radius 3 is 2.73 bits per heavy atom. The quantitative estimate of drug-likeness (QED) is 0.728. The van der Waals surface area contributed by atoms with Gasteiger partial charge in [-0.3, -0.25) is 4.79 Å². The summed E-state index contributed by atoms with van der Waals surface area (Å²) in [5, 5.41) is 27.8. The highest BCUT2D eigenvalue weighted by Gasteiger charge is 2.67. The number of amides is 1. The van der Waals surface area contributed by atoms with E-state index in [9.17, 15) is 23.8 Å². The third-order valence-electron chi connectivity index (χ3n) is 8.07. The summed E-state index contributed by atoms with van der Waals surface area (Å²) in [6.07, 6.45) is -0.195. The van der Waals surface area contributed by atoms with Gasteiger partial charge in [-0.15, -0.1) is 0 Å². The van der Waals surface area contributed by atoms with Gasteiger partial charge in [0.25, 0.3) is 5.91 Å². The second kappa shape index (κ2) is 7.78. The smallest absolute Gasteiger partial charge is 0.253 e. The van der Waals surface area contributed by atoms with Gasteiger partial charge in [-0.1, -0.05) is 19.9 Å². The number of nitrogens with zero attached hydrogens (tertiary/aromatic N) is 3. The topological polar surface area (TPSA) is 95.8 Å². The van der Waals surface area contributed by atoms with E-state index < -0.39 is 35.7 Å². The third-order valence-corrected chi connectivity index (χ3v) is 8.07. The number of ether oxygens (including phenoxy) is 1. The Labute approximate surface area is 190 Å². The fraction of sp³-hybridized carbons (Fsp3) is 0.542. The number of rotatable bonds is 4. The maximum absolute atomic E-state index is 14.4. The lowest BCUT2D eigenvalue weighted by molar-refractivity contribution is -0.155. The maximum atomic E-state index is 14.4. The summed E-state index contributed by atoms with van der Waals surface area (Å²) in [5.74, 6) is -1.79. The fourth-order valence-corrected chi connectivity index (χ4v) is 6.38. The molecular weight excluding hydrogens is 432 g/mol. The minimum Gasteiger partial charge on any atom is -0.393 e. The molecule has 0 radical (unpaired) electrons. The summed E-state index contributed by atoms with van der Waals surface area (Å²) in [4.78, 5) is 14.1. The summed E-state index contributed by atoms with van der Waals surface area (Å²) >= 11 is 0. The van der Waals surface area contributed by atoms with Crippen molar-refractivity contribution in [2.45, 2.75) is 50.2 Å². The molecule has 5 rings (SSSR count). The molecule has 2 N–H and O–H groups in total. The molecule has 2 bridgehead atoms. The number of hydrogen-bond acceptors (Lipinski definition) is 6. The molecule has 2 aromatic rings. The molecule has 1 aromatic carbocycles. The molecule has 1 saturated carbocycles. The largest absolute Gasteiger partial charge is 0.393 e.